The first-order valence-corrected chi connectivity index (χ1v) is 7.96. The minimum Gasteiger partial charge on any atom is -0.448 e. The smallest absolute Gasteiger partial charge is 0.355 e. The van der Waals surface area contributed by atoms with E-state index in [2.05, 4.69) is 15.4 Å². The Kier molecular flexibility index (Phi) is 4.31. The van der Waals surface area contributed by atoms with Crippen molar-refractivity contribution in [1.29, 1.82) is 0 Å². The van der Waals surface area contributed by atoms with E-state index < -0.39 is 18.0 Å². The highest BCUT2D eigenvalue weighted by atomic mass is 16.5. The van der Waals surface area contributed by atoms with Gasteiger partial charge >= 0.3 is 5.97 Å². The number of hydrogen-bond donors (Lipinski definition) is 2. The number of aryl methyl sites for hydroxylation is 2. The van der Waals surface area contributed by atoms with Crippen LogP contribution in [0.4, 0.5) is 5.69 Å². The van der Waals surface area contributed by atoms with E-state index in [-0.39, 0.29) is 0 Å². The third-order valence-corrected chi connectivity index (χ3v) is 4.16. The Balaban J connectivity index is 1.69. The van der Waals surface area contributed by atoms with Gasteiger partial charge in [-0.05, 0) is 32.9 Å². The number of para-hydroxylation sites is 1. The van der Waals surface area contributed by atoms with Crippen molar-refractivity contribution in [2.24, 2.45) is 7.05 Å². The predicted molar refractivity (Wildman–Crippen MR) is 94.5 cm³/mol. The van der Waals surface area contributed by atoms with E-state index in [1.165, 1.54) is 6.92 Å². The molecule has 7 heteroatoms. The molecule has 1 aromatic carbocycles. The van der Waals surface area contributed by atoms with Crippen molar-refractivity contribution in [3.63, 3.8) is 0 Å². The molecule has 1 amide bonds. The maximum absolute atomic E-state index is 12.3. The number of fused-ring (bicyclic) bond motifs is 1. The van der Waals surface area contributed by atoms with E-state index >= 15 is 0 Å². The first-order valence-electron chi connectivity index (χ1n) is 7.96. The Morgan fingerprint density at radius 1 is 1.28 bits per heavy atom. The van der Waals surface area contributed by atoms with Gasteiger partial charge in [-0.1, -0.05) is 18.2 Å². The highest BCUT2D eigenvalue weighted by Crippen LogP contribution is 2.19. The number of esters is 1. The van der Waals surface area contributed by atoms with Crippen LogP contribution >= 0.6 is 0 Å². The second kappa shape index (κ2) is 6.43. The average Bonchev–Trinajstić information content (AvgIpc) is 3.11. The molecule has 2 aromatic heterocycles. The van der Waals surface area contributed by atoms with Crippen molar-refractivity contribution in [2.75, 3.05) is 5.32 Å². The quantitative estimate of drug-likeness (QED) is 0.715. The van der Waals surface area contributed by atoms with Gasteiger partial charge in [0.1, 0.15) is 5.69 Å². The number of benzene rings is 1. The predicted octanol–water partition coefficient (Wildman–Crippen LogP) is 2.70. The fourth-order valence-electron chi connectivity index (χ4n) is 2.64. The largest absolute Gasteiger partial charge is 0.448 e. The van der Waals surface area contributed by atoms with Crippen LogP contribution in [0, 0.1) is 13.8 Å². The Labute approximate surface area is 145 Å². The maximum atomic E-state index is 12.3. The van der Waals surface area contributed by atoms with Crippen LogP contribution in [0.25, 0.3) is 10.9 Å². The van der Waals surface area contributed by atoms with Crippen LogP contribution in [0.5, 0.6) is 0 Å². The van der Waals surface area contributed by atoms with Crippen LogP contribution < -0.4 is 5.32 Å². The Hall–Kier alpha value is -3.09. The van der Waals surface area contributed by atoms with Gasteiger partial charge in [-0.25, -0.2) is 4.79 Å². The molecule has 0 aliphatic rings. The van der Waals surface area contributed by atoms with Crippen LogP contribution in [-0.4, -0.2) is 32.7 Å². The van der Waals surface area contributed by atoms with E-state index in [9.17, 15) is 9.59 Å². The van der Waals surface area contributed by atoms with Crippen LogP contribution in [0.3, 0.4) is 0 Å². The summed E-state index contributed by atoms with van der Waals surface area (Å²) in [6.45, 7) is 5.21. The Morgan fingerprint density at radius 3 is 2.64 bits per heavy atom. The van der Waals surface area contributed by atoms with Crippen molar-refractivity contribution >= 4 is 28.5 Å². The number of nitrogens with zero attached hydrogens (tertiary/aromatic N) is 2. The van der Waals surface area contributed by atoms with Crippen molar-refractivity contribution in [3.8, 4) is 0 Å². The number of nitrogens with one attached hydrogen (secondary N) is 2. The standard InChI is InChI=1S/C18H20N4O3/c1-10-16(11(2)22(4)21-10)20-17(23)12(3)25-18(24)15-9-13-7-5-6-8-14(13)19-15/h5-9,12,19H,1-4H3,(H,20,23). The molecule has 25 heavy (non-hydrogen) atoms. The number of carbonyl (C=O) groups is 2. The first-order chi connectivity index (χ1) is 11.9. The minimum absolute atomic E-state index is 0.314. The second-order valence-electron chi connectivity index (χ2n) is 5.98. The molecule has 0 radical (unpaired) electrons. The van der Waals surface area contributed by atoms with E-state index in [0.29, 0.717) is 17.1 Å². The van der Waals surface area contributed by atoms with Gasteiger partial charge in [-0.15, -0.1) is 0 Å². The molecule has 2 N–H and O–H groups in total. The maximum Gasteiger partial charge on any atom is 0.355 e. The van der Waals surface area contributed by atoms with E-state index in [0.717, 1.165) is 16.6 Å². The molecule has 0 spiro atoms. The van der Waals surface area contributed by atoms with Gasteiger partial charge in [-0.2, -0.15) is 5.10 Å². The molecular formula is C18H20N4O3. The SMILES string of the molecule is Cc1nn(C)c(C)c1NC(=O)C(C)OC(=O)c1cc2ccccc2[nH]1. The summed E-state index contributed by atoms with van der Waals surface area (Å²) in [5, 5.41) is 7.93. The highest BCUT2D eigenvalue weighted by Gasteiger charge is 2.22. The summed E-state index contributed by atoms with van der Waals surface area (Å²) in [4.78, 5) is 27.6. The van der Waals surface area contributed by atoms with Gasteiger partial charge in [-0.3, -0.25) is 9.48 Å². The fourth-order valence-corrected chi connectivity index (χ4v) is 2.64. The van der Waals surface area contributed by atoms with Crippen LogP contribution in [-0.2, 0) is 16.6 Å². The lowest BCUT2D eigenvalue weighted by molar-refractivity contribution is -0.123. The third kappa shape index (κ3) is 3.26. The molecule has 0 aliphatic carbocycles. The number of carbonyl (C=O) groups excluding carboxylic acids is 2. The molecule has 3 rings (SSSR count). The summed E-state index contributed by atoms with van der Waals surface area (Å²) in [5.74, 6) is -0.970. The first kappa shape index (κ1) is 16.8. The number of ether oxygens (including phenoxy) is 1. The van der Waals surface area contributed by atoms with Crippen LogP contribution in [0.1, 0.15) is 28.8 Å². The normalized spacial score (nSPS) is 12.2. The molecular weight excluding hydrogens is 320 g/mol. The van der Waals surface area contributed by atoms with Gasteiger partial charge in [0.25, 0.3) is 5.91 Å². The Bertz CT molecular complexity index is 922. The Morgan fingerprint density at radius 2 is 2.00 bits per heavy atom. The van der Waals surface area contributed by atoms with Gasteiger partial charge in [0, 0.05) is 18.0 Å². The second-order valence-corrected chi connectivity index (χ2v) is 5.98. The molecule has 130 valence electrons. The summed E-state index contributed by atoms with van der Waals surface area (Å²) < 4.78 is 6.96. The van der Waals surface area contributed by atoms with Gasteiger partial charge in [0.2, 0.25) is 0 Å². The molecule has 0 saturated heterocycles. The topological polar surface area (TPSA) is 89.0 Å². The molecule has 1 unspecified atom stereocenters. The molecule has 0 bridgehead atoms. The number of hydrogen-bond acceptors (Lipinski definition) is 4. The number of amides is 1. The van der Waals surface area contributed by atoms with Crippen molar-refractivity contribution < 1.29 is 14.3 Å². The molecule has 1 atom stereocenters. The minimum atomic E-state index is -0.932. The number of rotatable bonds is 4. The summed E-state index contributed by atoms with van der Waals surface area (Å²) >= 11 is 0. The zero-order chi connectivity index (χ0) is 18.1. The van der Waals surface area contributed by atoms with Crippen LogP contribution in [0.2, 0.25) is 0 Å². The molecule has 7 nitrogen and oxygen atoms in total. The average molecular weight is 340 g/mol. The van der Waals surface area contributed by atoms with Crippen LogP contribution in [0.15, 0.2) is 30.3 Å². The van der Waals surface area contributed by atoms with Crippen molar-refractivity contribution in [3.05, 3.63) is 47.4 Å². The number of anilines is 1. The highest BCUT2D eigenvalue weighted by molar-refractivity contribution is 5.99. The van der Waals surface area contributed by atoms with Crippen molar-refractivity contribution in [2.45, 2.75) is 26.9 Å². The lowest BCUT2D eigenvalue weighted by atomic mass is 10.2. The molecule has 0 saturated carbocycles. The number of aromatic nitrogens is 3. The van der Waals surface area contributed by atoms with Gasteiger partial charge in [0.05, 0.1) is 17.1 Å². The third-order valence-electron chi connectivity index (χ3n) is 4.16. The fraction of sp³-hybridized carbons (Fsp3) is 0.278. The lowest BCUT2D eigenvalue weighted by Crippen LogP contribution is -2.30. The molecule has 3 aromatic rings. The summed E-state index contributed by atoms with van der Waals surface area (Å²) in [7, 11) is 1.80. The molecule has 0 aliphatic heterocycles. The summed E-state index contributed by atoms with van der Waals surface area (Å²) in [5.41, 5.74) is 3.34. The van der Waals surface area contributed by atoms with E-state index in [4.69, 9.17) is 4.74 Å². The summed E-state index contributed by atoms with van der Waals surface area (Å²) in [6.07, 6.45) is -0.932. The van der Waals surface area contributed by atoms with E-state index in [1.807, 2.05) is 38.1 Å². The molecule has 2 heterocycles. The zero-order valence-corrected chi connectivity index (χ0v) is 14.6. The number of aromatic amines is 1. The van der Waals surface area contributed by atoms with E-state index in [1.54, 1.807) is 17.8 Å². The zero-order valence-electron chi connectivity index (χ0n) is 14.6. The van der Waals surface area contributed by atoms with Crippen molar-refractivity contribution in [1.82, 2.24) is 14.8 Å². The van der Waals surface area contributed by atoms with Gasteiger partial charge in [0.15, 0.2) is 6.10 Å². The van der Waals surface area contributed by atoms with Gasteiger partial charge < -0.3 is 15.0 Å². The molecule has 0 fully saturated rings. The lowest BCUT2D eigenvalue weighted by Gasteiger charge is -2.13. The number of H-pyrrole nitrogens is 1. The monoisotopic (exact) mass is 340 g/mol. The summed E-state index contributed by atoms with van der Waals surface area (Å²) in [6, 6.07) is 9.24.